The van der Waals surface area contributed by atoms with Gasteiger partial charge >= 0.3 is 0 Å². The largest absolute Gasteiger partial charge is 0.440 e. The molecule has 0 aliphatic heterocycles. The highest BCUT2D eigenvalue weighted by molar-refractivity contribution is 7.73. The summed E-state index contributed by atoms with van der Waals surface area (Å²) in [6.45, 7) is 12.7. The number of fused-ring (bicyclic) bond motifs is 6. The Morgan fingerprint density at radius 2 is 1.77 bits per heavy atom. The minimum absolute atomic E-state index is 0.473. The van der Waals surface area contributed by atoms with Gasteiger partial charge < -0.3 is 4.42 Å². The van der Waals surface area contributed by atoms with E-state index in [1.165, 1.54) is 74.8 Å². The number of hydrogen-bond acceptors (Lipinski definition) is 3. The normalized spacial score (nSPS) is 42.6. The minimum atomic E-state index is 0.473. The maximum atomic E-state index is 5.94. The van der Waals surface area contributed by atoms with Crippen LogP contribution in [0, 0.1) is 56.3 Å². The molecule has 0 radical (unpaired) electrons. The number of rotatable bonds is 5. The van der Waals surface area contributed by atoms with Crippen LogP contribution in [-0.2, 0) is 12.8 Å². The van der Waals surface area contributed by atoms with E-state index in [4.69, 9.17) is 16.6 Å². The maximum Gasteiger partial charge on any atom is 0.247 e. The lowest BCUT2D eigenvalue weighted by Gasteiger charge is -2.60. The highest BCUT2D eigenvalue weighted by atomic mass is 32.1. The van der Waals surface area contributed by atoms with E-state index < -0.39 is 0 Å². The van der Waals surface area contributed by atoms with E-state index in [1.54, 1.807) is 11.3 Å². The van der Waals surface area contributed by atoms with Gasteiger partial charge in [0.25, 0.3) is 0 Å². The molecule has 1 nitrogen and oxygen atoms in total. The predicted octanol–water partition coefficient (Wildman–Crippen LogP) is 9.11. The molecule has 8 atom stereocenters. The van der Waals surface area contributed by atoms with Gasteiger partial charge in [-0.2, -0.15) is 0 Å². The van der Waals surface area contributed by atoms with Crippen LogP contribution in [0.15, 0.2) is 4.42 Å². The van der Waals surface area contributed by atoms with E-state index in [0.717, 1.165) is 51.9 Å². The highest BCUT2D eigenvalue weighted by Gasteiger charge is 2.60. The van der Waals surface area contributed by atoms with E-state index >= 15 is 0 Å². The lowest BCUT2D eigenvalue weighted by Crippen LogP contribution is -2.54. The van der Waals surface area contributed by atoms with Crippen molar-refractivity contribution in [2.24, 2.45) is 52.3 Å². The molecule has 4 aliphatic rings. The van der Waals surface area contributed by atoms with Crippen molar-refractivity contribution in [3.05, 3.63) is 14.7 Å². The molecular formula is C28H44OS2. The lowest BCUT2D eigenvalue weighted by atomic mass is 9.45. The summed E-state index contributed by atoms with van der Waals surface area (Å²) in [5.74, 6) is 7.65. The topological polar surface area (TPSA) is 13.1 Å². The average Bonchev–Trinajstić information content (AvgIpc) is 3.23. The zero-order valence-electron chi connectivity index (χ0n) is 20.5. The molecule has 1 heterocycles. The second kappa shape index (κ2) is 8.26. The van der Waals surface area contributed by atoms with Crippen molar-refractivity contribution in [2.45, 2.75) is 105 Å². The summed E-state index contributed by atoms with van der Waals surface area (Å²) < 4.78 is 6.70. The van der Waals surface area contributed by atoms with E-state index in [0.29, 0.717) is 10.8 Å². The van der Waals surface area contributed by atoms with Gasteiger partial charge in [-0.3, -0.25) is 0 Å². The van der Waals surface area contributed by atoms with Crippen LogP contribution in [-0.4, -0.2) is 0 Å². The fourth-order valence-electron chi connectivity index (χ4n) is 9.37. The van der Waals surface area contributed by atoms with E-state index in [1.807, 2.05) is 0 Å². The van der Waals surface area contributed by atoms with Crippen molar-refractivity contribution >= 4 is 23.6 Å². The van der Waals surface area contributed by atoms with Crippen molar-refractivity contribution < 1.29 is 4.42 Å². The Kier molecular flexibility index (Phi) is 6.03. The van der Waals surface area contributed by atoms with Crippen LogP contribution >= 0.6 is 23.6 Å². The zero-order chi connectivity index (χ0) is 22.0. The summed E-state index contributed by atoms with van der Waals surface area (Å²) in [5.41, 5.74) is 1.08. The van der Waals surface area contributed by atoms with Gasteiger partial charge in [-0.15, -0.1) is 0 Å². The van der Waals surface area contributed by atoms with Crippen LogP contribution < -0.4 is 0 Å². The first kappa shape index (κ1) is 22.6. The molecule has 3 heteroatoms. The van der Waals surface area contributed by atoms with Crippen molar-refractivity contribution in [1.29, 1.82) is 0 Å². The van der Waals surface area contributed by atoms with Crippen LogP contribution in [0.25, 0.3) is 0 Å². The monoisotopic (exact) mass is 460 g/mol. The third kappa shape index (κ3) is 3.72. The van der Waals surface area contributed by atoms with Crippen LogP contribution in [0.3, 0.4) is 0 Å². The summed E-state index contributed by atoms with van der Waals surface area (Å²) in [7, 11) is 0. The third-order valence-electron chi connectivity index (χ3n) is 11.0. The summed E-state index contributed by atoms with van der Waals surface area (Å²) in [6, 6.07) is 0. The molecule has 0 spiro atoms. The first-order valence-electron chi connectivity index (χ1n) is 13.3. The summed E-state index contributed by atoms with van der Waals surface area (Å²) >= 11 is 7.17. The average molecular weight is 461 g/mol. The Morgan fingerprint density at radius 1 is 1.00 bits per heavy atom. The molecule has 0 aromatic carbocycles. The van der Waals surface area contributed by atoms with Gasteiger partial charge in [-0.25, -0.2) is 0 Å². The first-order chi connectivity index (χ1) is 14.7. The molecule has 4 aliphatic carbocycles. The zero-order valence-corrected chi connectivity index (χ0v) is 22.2. The Hall–Kier alpha value is -0.150. The smallest absolute Gasteiger partial charge is 0.247 e. The van der Waals surface area contributed by atoms with Gasteiger partial charge in [-0.05, 0) is 109 Å². The molecule has 1 aromatic heterocycles. The fourth-order valence-corrected chi connectivity index (χ4v) is 10.7. The maximum absolute atomic E-state index is 5.94. The predicted molar refractivity (Wildman–Crippen MR) is 134 cm³/mol. The first-order valence-corrected chi connectivity index (χ1v) is 14.6. The van der Waals surface area contributed by atoms with Gasteiger partial charge in [0, 0.05) is 11.3 Å². The molecule has 0 saturated heterocycles. The van der Waals surface area contributed by atoms with Gasteiger partial charge in [0.15, 0.2) is 0 Å². The van der Waals surface area contributed by atoms with E-state index in [2.05, 4.69) is 34.6 Å². The van der Waals surface area contributed by atoms with Gasteiger partial charge in [0.2, 0.25) is 4.02 Å². The molecule has 1 aromatic rings. The van der Waals surface area contributed by atoms with Crippen molar-refractivity contribution in [1.82, 2.24) is 0 Å². The highest BCUT2D eigenvalue weighted by Crippen LogP contribution is 2.68. The third-order valence-corrected chi connectivity index (χ3v) is 12.2. The lowest BCUT2D eigenvalue weighted by molar-refractivity contribution is -0.104. The van der Waals surface area contributed by atoms with E-state index in [-0.39, 0.29) is 0 Å². The Balaban J connectivity index is 1.34. The Morgan fingerprint density at radius 3 is 2.55 bits per heavy atom. The summed E-state index contributed by atoms with van der Waals surface area (Å²) in [4.78, 5) is 1.49. The molecule has 5 rings (SSSR count). The molecule has 31 heavy (non-hydrogen) atoms. The second-order valence-corrected chi connectivity index (χ2v) is 14.6. The van der Waals surface area contributed by atoms with Gasteiger partial charge in [0.05, 0.1) is 0 Å². The second-order valence-electron chi connectivity index (χ2n) is 12.9. The molecule has 3 fully saturated rings. The standard InChI is InChI=1S/C28H44OS2/c1-17(2)7-6-8-18(3)21-11-12-22-20-10-9-19-15-24-25(31-26(30)29-24)16-28(19,5)23(20)13-14-27(21,22)4/h17-23H,6-16H2,1-5H3/t18-,19+,20+,21-,22+,23+,27-,28+/m1/s1. The van der Waals surface area contributed by atoms with Crippen LogP contribution in [0.1, 0.15) is 103 Å². The van der Waals surface area contributed by atoms with Crippen molar-refractivity contribution in [2.75, 3.05) is 0 Å². The summed E-state index contributed by atoms with van der Waals surface area (Å²) in [5, 5.41) is 0. The molecule has 0 N–H and O–H groups in total. The SMILES string of the molecule is CC(C)CCC[C@@H](C)[C@H]1CC[C@H]2[C@@H]3CC[C@H]4Cc5oc(=S)sc5C[C@]4(C)[C@H]3CC[C@]12C. The van der Waals surface area contributed by atoms with E-state index in [9.17, 15) is 0 Å². The Labute approximate surface area is 199 Å². The number of hydrogen-bond donors (Lipinski definition) is 0. The van der Waals surface area contributed by atoms with Gasteiger partial charge in [-0.1, -0.05) is 65.2 Å². The quantitative estimate of drug-likeness (QED) is 0.406. The summed E-state index contributed by atoms with van der Waals surface area (Å²) in [6.07, 6.45) is 15.5. The van der Waals surface area contributed by atoms with Crippen LogP contribution in [0.2, 0.25) is 0 Å². The van der Waals surface area contributed by atoms with Crippen LogP contribution in [0.5, 0.6) is 0 Å². The minimum Gasteiger partial charge on any atom is -0.440 e. The Bertz CT molecular complexity index is 851. The van der Waals surface area contributed by atoms with Crippen molar-refractivity contribution in [3.63, 3.8) is 0 Å². The molecule has 0 unspecified atom stereocenters. The molecule has 174 valence electrons. The fraction of sp³-hybridized carbons (Fsp3) is 0.893. The molecule has 0 bridgehead atoms. The molecular weight excluding hydrogens is 416 g/mol. The molecule has 3 saturated carbocycles. The van der Waals surface area contributed by atoms with Gasteiger partial charge in [0.1, 0.15) is 5.76 Å². The van der Waals surface area contributed by atoms with Crippen LogP contribution in [0.4, 0.5) is 0 Å². The molecule has 0 amide bonds. The van der Waals surface area contributed by atoms with Crippen molar-refractivity contribution in [3.8, 4) is 0 Å².